The summed E-state index contributed by atoms with van der Waals surface area (Å²) in [5.41, 5.74) is 6.07. The van der Waals surface area contributed by atoms with Gasteiger partial charge in [0.05, 0.1) is 5.69 Å². The van der Waals surface area contributed by atoms with Gasteiger partial charge in [-0.25, -0.2) is 4.39 Å². The largest absolute Gasteiger partial charge is 0.264 e. The van der Waals surface area contributed by atoms with Crippen molar-refractivity contribution in [3.8, 4) is 11.3 Å². The summed E-state index contributed by atoms with van der Waals surface area (Å²) in [4.78, 5) is 13.2. The van der Waals surface area contributed by atoms with E-state index in [1.807, 2.05) is 37.5 Å². The molecule has 0 N–H and O–H groups in total. The summed E-state index contributed by atoms with van der Waals surface area (Å²) in [6.45, 7) is 1.91. The number of nitrogens with zero attached hydrogens (tertiary/aromatic N) is 3. The number of aromatic nitrogens is 3. The Kier molecular flexibility index (Phi) is 5.20. The van der Waals surface area contributed by atoms with Gasteiger partial charge in [0.1, 0.15) is 5.82 Å². The Balaban J connectivity index is 1.78. The highest BCUT2D eigenvalue weighted by molar-refractivity contribution is 5.67. The number of hydrogen-bond acceptors (Lipinski definition) is 3. The van der Waals surface area contributed by atoms with Crippen LogP contribution in [0.3, 0.4) is 0 Å². The van der Waals surface area contributed by atoms with Gasteiger partial charge in [-0.2, -0.15) is 0 Å². The van der Waals surface area contributed by atoms with Crippen LogP contribution in [0.15, 0.2) is 85.6 Å². The molecule has 0 aliphatic heterocycles. The molecule has 1 aromatic carbocycles. The first kappa shape index (κ1) is 18.0. The lowest BCUT2D eigenvalue weighted by atomic mass is 9.86. The van der Waals surface area contributed by atoms with Crippen LogP contribution in [0.4, 0.5) is 4.39 Å². The number of rotatable bonds is 5. The van der Waals surface area contributed by atoms with Crippen molar-refractivity contribution in [2.45, 2.75) is 19.3 Å². The van der Waals surface area contributed by atoms with E-state index in [9.17, 15) is 4.39 Å². The molecule has 4 heteroatoms. The Hall–Kier alpha value is -3.40. The first-order valence-corrected chi connectivity index (χ1v) is 9.22. The second-order valence-electron chi connectivity index (χ2n) is 6.80. The molecular formula is C24H20FN3. The van der Waals surface area contributed by atoms with Crippen molar-refractivity contribution in [3.63, 3.8) is 0 Å². The monoisotopic (exact) mass is 369 g/mol. The van der Waals surface area contributed by atoms with Gasteiger partial charge in [0.15, 0.2) is 0 Å². The number of aryl methyl sites for hydroxylation is 1. The Bertz CT molecular complexity index is 1030. The summed E-state index contributed by atoms with van der Waals surface area (Å²) in [5, 5.41) is 0. The third kappa shape index (κ3) is 3.81. The van der Waals surface area contributed by atoms with Crippen molar-refractivity contribution in [2.24, 2.45) is 0 Å². The van der Waals surface area contributed by atoms with Gasteiger partial charge in [-0.15, -0.1) is 0 Å². The summed E-state index contributed by atoms with van der Waals surface area (Å²) in [7, 11) is 0. The SMILES string of the molecule is Cc1cc(F)ccc1-c1ncccc1CC(c1cccnc1)c1cccnc1. The van der Waals surface area contributed by atoms with Gasteiger partial charge in [-0.3, -0.25) is 15.0 Å². The van der Waals surface area contributed by atoms with Crippen LogP contribution in [-0.4, -0.2) is 15.0 Å². The van der Waals surface area contributed by atoms with E-state index in [1.54, 1.807) is 30.7 Å². The number of halogens is 1. The minimum Gasteiger partial charge on any atom is -0.264 e. The lowest BCUT2D eigenvalue weighted by Gasteiger charge is -2.19. The van der Waals surface area contributed by atoms with Crippen LogP contribution >= 0.6 is 0 Å². The molecule has 0 atom stereocenters. The van der Waals surface area contributed by atoms with Gasteiger partial charge >= 0.3 is 0 Å². The molecule has 138 valence electrons. The van der Waals surface area contributed by atoms with Crippen molar-refractivity contribution in [2.75, 3.05) is 0 Å². The average Bonchev–Trinajstić information content (AvgIpc) is 2.74. The van der Waals surface area contributed by atoms with Crippen molar-refractivity contribution >= 4 is 0 Å². The Morgan fingerprint density at radius 1 is 0.857 bits per heavy atom. The maximum absolute atomic E-state index is 13.6. The van der Waals surface area contributed by atoms with E-state index in [2.05, 4.69) is 33.2 Å². The molecule has 0 unspecified atom stereocenters. The standard InChI is InChI=1S/C24H20FN3/c1-17-13-21(25)8-9-22(17)24-18(5-4-12-28-24)14-23(19-6-2-10-26-15-19)20-7-3-11-27-16-20/h2-13,15-16,23H,14H2,1H3. The van der Waals surface area contributed by atoms with Crippen molar-refractivity contribution in [1.82, 2.24) is 15.0 Å². The molecule has 4 aromatic rings. The predicted octanol–water partition coefficient (Wildman–Crippen LogP) is 5.36. The minimum atomic E-state index is -0.234. The van der Waals surface area contributed by atoms with Crippen LogP contribution in [0.1, 0.15) is 28.2 Å². The van der Waals surface area contributed by atoms with Gasteiger partial charge < -0.3 is 0 Å². The molecular weight excluding hydrogens is 349 g/mol. The van der Waals surface area contributed by atoms with E-state index in [0.29, 0.717) is 0 Å². The molecule has 28 heavy (non-hydrogen) atoms. The smallest absolute Gasteiger partial charge is 0.123 e. The van der Waals surface area contributed by atoms with Crippen molar-refractivity contribution in [1.29, 1.82) is 0 Å². The van der Waals surface area contributed by atoms with Gasteiger partial charge in [-0.1, -0.05) is 18.2 Å². The second-order valence-corrected chi connectivity index (χ2v) is 6.80. The van der Waals surface area contributed by atoms with Crippen LogP contribution in [0, 0.1) is 12.7 Å². The number of pyridine rings is 3. The molecule has 3 heterocycles. The third-order valence-electron chi connectivity index (χ3n) is 4.93. The van der Waals surface area contributed by atoms with Crippen molar-refractivity contribution in [3.05, 3.63) is 114 Å². The molecule has 0 spiro atoms. The Morgan fingerprint density at radius 3 is 2.14 bits per heavy atom. The number of benzene rings is 1. The Morgan fingerprint density at radius 2 is 1.54 bits per heavy atom. The zero-order valence-electron chi connectivity index (χ0n) is 15.6. The highest BCUT2D eigenvalue weighted by Gasteiger charge is 2.19. The van der Waals surface area contributed by atoms with Gasteiger partial charge in [0, 0.05) is 42.5 Å². The lowest BCUT2D eigenvalue weighted by molar-refractivity contribution is 0.627. The molecule has 0 bridgehead atoms. The summed E-state index contributed by atoms with van der Waals surface area (Å²) in [5.74, 6) is -0.131. The fraction of sp³-hybridized carbons (Fsp3) is 0.125. The zero-order chi connectivity index (χ0) is 19.3. The van der Waals surface area contributed by atoms with E-state index in [-0.39, 0.29) is 11.7 Å². The molecule has 0 radical (unpaired) electrons. The maximum atomic E-state index is 13.6. The van der Waals surface area contributed by atoms with Crippen LogP contribution < -0.4 is 0 Å². The predicted molar refractivity (Wildman–Crippen MR) is 108 cm³/mol. The van der Waals surface area contributed by atoms with E-state index < -0.39 is 0 Å². The van der Waals surface area contributed by atoms with Gasteiger partial charge in [0.25, 0.3) is 0 Å². The molecule has 4 rings (SSSR count). The minimum absolute atomic E-state index is 0.103. The maximum Gasteiger partial charge on any atom is 0.123 e. The first-order chi connectivity index (χ1) is 13.7. The molecule has 0 saturated carbocycles. The van der Waals surface area contributed by atoms with E-state index in [0.717, 1.165) is 39.9 Å². The van der Waals surface area contributed by atoms with Crippen LogP contribution in [-0.2, 0) is 6.42 Å². The summed E-state index contributed by atoms with van der Waals surface area (Å²) in [6, 6.07) is 17.0. The quantitative estimate of drug-likeness (QED) is 0.475. The lowest BCUT2D eigenvalue weighted by Crippen LogP contribution is -2.08. The number of hydrogen-bond donors (Lipinski definition) is 0. The fourth-order valence-electron chi connectivity index (χ4n) is 3.55. The van der Waals surface area contributed by atoms with Gasteiger partial charge in [0.2, 0.25) is 0 Å². The van der Waals surface area contributed by atoms with Crippen LogP contribution in [0.25, 0.3) is 11.3 Å². The molecule has 3 nitrogen and oxygen atoms in total. The highest BCUT2D eigenvalue weighted by Crippen LogP contribution is 2.32. The zero-order valence-corrected chi connectivity index (χ0v) is 15.6. The van der Waals surface area contributed by atoms with Crippen molar-refractivity contribution < 1.29 is 4.39 Å². The third-order valence-corrected chi connectivity index (χ3v) is 4.93. The van der Waals surface area contributed by atoms with E-state index in [4.69, 9.17) is 0 Å². The second kappa shape index (κ2) is 8.09. The molecule has 3 aromatic heterocycles. The average molecular weight is 369 g/mol. The first-order valence-electron chi connectivity index (χ1n) is 9.22. The van der Waals surface area contributed by atoms with Crippen LogP contribution in [0.5, 0.6) is 0 Å². The fourth-order valence-corrected chi connectivity index (χ4v) is 3.55. The Labute approximate surface area is 164 Å². The van der Waals surface area contributed by atoms with E-state index in [1.165, 1.54) is 6.07 Å². The summed E-state index contributed by atoms with van der Waals surface area (Å²) in [6.07, 6.45) is 9.89. The molecule has 0 aliphatic carbocycles. The normalized spacial score (nSPS) is 11.0. The summed E-state index contributed by atoms with van der Waals surface area (Å²) >= 11 is 0. The summed E-state index contributed by atoms with van der Waals surface area (Å²) < 4.78 is 13.6. The molecule has 0 amide bonds. The highest BCUT2D eigenvalue weighted by atomic mass is 19.1. The molecule has 0 aliphatic rings. The molecule has 0 fully saturated rings. The van der Waals surface area contributed by atoms with E-state index >= 15 is 0 Å². The van der Waals surface area contributed by atoms with Crippen LogP contribution in [0.2, 0.25) is 0 Å². The molecule has 0 saturated heterocycles. The van der Waals surface area contributed by atoms with Gasteiger partial charge in [-0.05, 0) is 72.0 Å². The topological polar surface area (TPSA) is 38.7 Å².